The van der Waals surface area contributed by atoms with Gasteiger partial charge < -0.3 is 4.74 Å². The lowest BCUT2D eigenvalue weighted by Crippen LogP contribution is -1.92. The van der Waals surface area contributed by atoms with Crippen LogP contribution in [0.3, 0.4) is 0 Å². The maximum absolute atomic E-state index is 12.8. The van der Waals surface area contributed by atoms with E-state index < -0.39 is 11.6 Å². The van der Waals surface area contributed by atoms with Gasteiger partial charge in [-0.2, -0.15) is 4.39 Å². The number of hydrogen-bond acceptors (Lipinski definition) is 2. The minimum absolute atomic E-state index is 0.0562. The molecule has 0 saturated carbocycles. The van der Waals surface area contributed by atoms with Crippen LogP contribution in [0.5, 0.6) is 5.75 Å². The van der Waals surface area contributed by atoms with E-state index in [-0.39, 0.29) is 5.75 Å². The lowest BCUT2D eigenvalue weighted by molar-refractivity contribution is 0.370. The minimum Gasteiger partial charge on any atom is -0.494 e. The van der Waals surface area contributed by atoms with E-state index in [1.165, 1.54) is 24.9 Å². The van der Waals surface area contributed by atoms with Crippen LogP contribution in [0.4, 0.5) is 8.78 Å². The summed E-state index contributed by atoms with van der Waals surface area (Å²) in [4.78, 5) is 0.644. The molecule has 0 fully saturated rings. The molecule has 0 unspecified atom stereocenters. The Bertz CT molecular complexity index is 289. The summed E-state index contributed by atoms with van der Waals surface area (Å²) in [6.45, 7) is 0. The predicted molar refractivity (Wildman–Crippen MR) is 44.7 cm³/mol. The lowest BCUT2D eigenvalue weighted by atomic mass is 10.3. The third kappa shape index (κ3) is 1.69. The Morgan fingerprint density at radius 1 is 1.33 bits per heavy atom. The summed E-state index contributed by atoms with van der Waals surface area (Å²) in [5.41, 5.74) is 0. The van der Waals surface area contributed by atoms with Crippen LogP contribution in [0.15, 0.2) is 17.0 Å². The second-order valence-corrected chi connectivity index (χ2v) is 3.01. The van der Waals surface area contributed by atoms with Gasteiger partial charge in [-0.1, -0.05) is 0 Å². The van der Waals surface area contributed by atoms with Crippen LogP contribution >= 0.6 is 11.8 Å². The molecule has 0 heterocycles. The fraction of sp³-hybridized carbons (Fsp3) is 0.250. The van der Waals surface area contributed by atoms with E-state index in [4.69, 9.17) is 0 Å². The van der Waals surface area contributed by atoms with Crippen molar-refractivity contribution in [3.05, 3.63) is 23.8 Å². The Labute approximate surface area is 73.7 Å². The van der Waals surface area contributed by atoms with Crippen molar-refractivity contribution in [1.29, 1.82) is 0 Å². The van der Waals surface area contributed by atoms with Crippen molar-refractivity contribution in [3.63, 3.8) is 0 Å². The molecule has 66 valence electrons. The Morgan fingerprint density at radius 3 is 2.50 bits per heavy atom. The van der Waals surface area contributed by atoms with Gasteiger partial charge in [0.05, 0.1) is 7.11 Å². The summed E-state index contributed by atoms with van der Waals surface area (Å²) in [6, 6.07) is 2.60. The van der Waals surface area contributed by atoms with Gasteiger partial charge in [0.2, 0.25) is 5.82 Å². The first-order valence-corrected chi connectivity index (χ1v) is 4.48. The van der Waals surface area contributed by atoms with Gasteiger partial charge in [0.15, 0.2) is 11.6 Å². The average Bonchev–Trinajstić information content (AvgIpc) is 2.09. The number of hydrogen-bond donors (Lipinski definition) is 0. The molecule has 0 radical (unpaired) electrons. The van der Waals surface area contributed by atoms with E-state index >= 15 is 0 Å². The molecular formula is C8H8F2OS. The largest absolute Gasteiger partial charge is 0.494 e. The molecule has 1 aromatic rings. The zero-order chi connectivity index (χ0) is 9.14. The molecule has 1 nitrogen and oxygen atoms in total. The monoisotopic (exact) mass is 190 g/mol. The molecule has 4 heteroatoms. The van der Waals surface area contributed by atoms with Gasteiger partial charge in [-0.25, -0.2) is 4.39 Å². The van der Waals surface area contributed by atoms with Crippen molar-refractivity contribution >= 4 is 11.8 Å². The molecule has 0 aliphatic carbocycles. The molecule has 1 rings (SSSR count). The summed E-state index contributed by atoms with van der Waals surface area (Å²) < 4.78 is 30.2. The summed E-state index contributed by atoms with van der Waals surface area (Å²) in [5, 5.41) is 0. The second-order valence-electron chi connectivity index (χ2n) is 2.13. The number of benzene rings is 1. The zero-order valence-electron chi connectivity index (χ0n) is 6.73. The number of halogens is 2. The van der Waals surface area contributed by atoms with Crippen LogP contribution in [0.1, 0.15) is 0 Å². The summed E-state index contributed by atoms with van der Waals surface area (Å²) in [5.74, 6) is -1.87. The molecule has 0 aliphatic heterocycles. The topological polar surface area (TPSA) is 9.23 Å². The van der Waals surface area contributed by atoms with E-state index in [0.717, 1.165) is 6.07 Å². The Hall–Kier alpha value is -0.770. The SMILES string of the molecule is COc1cc(SC)cc(F)c1F. The first-order chi connectivity index (χ1) is 5.69. The fourth-order valence-corrected chi connectivity index (χ4v) is 1.25. The van der Waals surface area contributed by atoms with Gasteiger partial charge in [-0.3, -0.25) is 0 Å². The molecule has 0 spiro atoms. The van der Waals surface area contributed by atoms with Gasteiger partial charge in [-0.15, -0.1) is 11.8 Å². The molecule has 0 atom stereocenters. The zero-order valence-corrected chi connectivity index (χ0v) is 7.54. The molecule has 0 bridgehead atoms. The van der Waals surface area contributed by atoms with Crippen molar-refractivity contribution in [2.24, 2.45) is 0 Å². The van der Waals surface area contributed by atoms with Crippen LogP contribution in [0.2, 0.25) is 0 Å². The first-order valence-electron chi connectivity index (χ1n) is 3.26. The Balaban J connectivity index is 3.19. The maximum atomic E-state index is 12.8. The van der Waals surface area contributed by atoms with Crippen LogP contribution in [-0.4, -0.2) is 13.4 Å². The van der Waals surface area contributed by atoms with Gasteiger partial charge in [0, 0.05) is 4.90 Å². The Kier molecular flexibility index (Phi) is 2.92. The fourth-order valence-electron chi connectivity index (χ4n) is 0.807. The van der Waals surface area contributed by atoms with Gasteiger partial charge >= 0.3 is 0 Å². The van der Waals surface area contributed by atoms with Gasteiger partial charge in [0.1, 0.15) is 0 Å². The molecule has 0 aliphatic rings. The van der Waals surface area contributed by atoms with Gasteiger partial charge in [0.25, 0.3) is 0 Å². The van der Waals surface area contributed by atoms with Crippen LogP contribution in [0.25, 0.3) is 0 Å². The first kappa shape index (κ1) is 9.32. The standard InChI is InChI=1S/C8H8F2OS/c1-11-7-4-5(12-2)3-6(9)8(7)10/h3-4H,1-2H3. The molecule has 0 saturated heterocycles. The molecule has 0 aromatic heterocycles. The number of rotatable bonds is 2. The molecule has 12 heavy (non-hydrogen) atoms. The van der Waals surface area contributed by atoms with E-state index in [1.807, 2.05) is 0 Å². The summed E-state index contributed by atoms with van der Waals surface area (Å²) in [6.07, 6.45) is 1.78. The van der Waals surface area contributed by atoms with Crippen LogP contribution in [-0.2, 0) is 0 Å². The highest BCUT2D eigenvalue weighted by molar-refractivity contribution is 7.98. The molecule has 1 aromatic carbocycles. The summed E-state index contributed by atoms with van der Waals surface area (Å²) in [7, 11) is 1.31. The van der Waals surface area contributed by atoms with Crippen LogP contribution < -0.4 is 4.74 Å². The van der Waals surface area contributed by atoms with Crippen LogP contribution in [0, 0.1) is 11.6 Å². The van der Waals surface area contributed by atoms with Crippen molar-refractivity contribution in [2.75, 3.05) is 13.4 Å². The molecule has 0 N–H and O–H groups in total. The van der Waals surface area contributed by atoms with E-state index in [9.17, 15) is 8.78 Å². The maximum Gasteiger partial charge on any atom is 0.200 e. The van der Waals surface area contributed by atoms with Crippen molar-refractivity contribution in [2.45, 2.75) is 4.90 Å². The molecule has 0 amide bonds. The highest BCUT2D eigenvalue weighted by Crippen LogP contribution is 2.26. The van der Waals surface area contributed by atoms with Crippen molar-refractivity contribution in [1.82, 2.24) is 0 Å². The van der Waals surface area contributed by atoms with Crippen molar-refractivity contribution < 1.29 is 13.5 Å². The normalized spacial score (nSPS) is 10.0. The quantitative estimate of drug-likeness (QED) is 0.663. The smallest absolute Gasteiger partial charge is 0.200 e. The third-order valence-electron chi connectivity index (χ3n) is 1.42. The number of methoxy groups -OCH3 is 1. The van der Waals surface area contributed by atoms with Crippen molar-refractivity contribution in [3.8, 4) is 5.75 Å². The third-order valence-corrected chi connectivity index (χ3v) is 2.13. The van der Waals surface area contributed by atoms with E-state index in [0.29, 0.717) is 4.90 Å². The van der Waals surface area contributed by atoms with E-state index in [2.05, 4.69) is 4.74 Å². The van der Waals surface area contributed by atoms with Gasteiger partial charge in [-0.05, 0) is 18.4 Å². The average molecular weight is 190 g/mol. The second kappa shape index (κ2) is 3.76. The highest BCUT2D eigenvalue weighted by Gasteiger charge is 2.10. The lowest BCUT2D eigenvalue weighted by Gasteiger charge is -2.04. The number of ether oxygens (including phenoxy) is 1. The summed E-state index contributed by atoms with van der Waals surface area (Å²) >= 11 is 1.33. The minimum atomic E-state index is -0.935. The predicted octanol–water partition coefficient (Wildman–Crippen LogP) is 2.70. The highest BCUT2D eigenvalue weighted by atomic mass is 32.2. The Morgan fingerprint density at radius 2 is 2.00 bits per heavy atom. The van der Waals surface area contributed by atoms with E-state index in [1.54, 1.807) is 6.26 Å². The molecular weight excluding hydrogens is 182 g/mol. The number of thioether (sulfide) groups is 1.